The van der Waals surface area contributed by atoms with Crippen molar-refractivity contribution in [2.45, 2.75) is 10.8 Å². The average molecular weight is 217 g/mol. The minimum atomic E-state index is -2.98. The molecule has 1 radical (unpaired) electrons. The van der Waals surface area contributed by atoms with Gasteiger partial charge < -0.3 is 0 Å². The van der Waals surface area contributed by atoms with Crippen LogP contribution >= 0.6 is 46.4 Å². The lowest BCUT2D eigenvalue weighted by atomic mass is 10.5. The van der Waals surface area contributed by atoms with Crippen molar-refractivity contribution in [2.75, 3.05) is 0 Å². The lowest BCUT2D eigenvalue weighted by molar-refractivity contribution is 0.139. The molecule has 0 aliphatic carbocycles. The SMILES string of the molecule is FC(F)C(Cl)(Cl)[C](Cl)Cl. The van der Waals surface area contributed by atoms with E-state index in [1.54, 1.807) is 0 Å². The van der Waals surface area contributed by atoms with Gasteiger partial charge in [-0.25, -0.2) is 8.78 Å². The van der Waals surface area contributed by atoms with Gasteiger partial charge in [-0.3, -0.25) is 0 Å². The smallest absolute Gasteiger partial charge is 0.207 e. The van der Waals surface area contributed by atoms with Crippen LogP contribution in [0.4, 0.5) is 8.78 Å². The molecule has 0 aliphatic rings. The molecule has 0 saturated heterocycles. The van der Waals surface area contributed by atoms with Crippen LogP contribution in [0.2, 0.25) is 0 Å². The Balaban J connectivity index is 4.01. The molecule has 0 aromatic heterocycles. The molecule has 0 aliphatic heterocycles. The van der Waals surface area contributed by atoms with Crippen molar-refractivity contribution in [3.63, 3.8) is 0 Å². The second-order valence-electron chi connectivity index (χ2n) is 1.18. The third kappa shape index (κ3) is 2.62. The maximum absolute atomic E-state index is 11.6. The second kappa shape index (κ2) is 3.42. The van der Waals surface area contributed by atoms with Gasteiger partial charge in [0.25, 0.3) is 6.43 Å². The molecule has 0 rings (SSSR count). The molecular weight excluding hydrogens is 216 g/mol. The maximum Gasteiger partial charge on any atom is 0.274 e. The molecule has 0 heterocycles. The Labute approximate surface area is 71.0 Å². The molecule has 9 heavy (non-hydrogen) atoms. The fourth-order valence-electron chi connectivity index (χ4n) is 0.0825. The number of hydrogen-bond acceptors (Lipinski definition) is 0. The summed E-state index contributed by atoms with van der Waals surface area (Å²) in [4.78, 5) is -0.749. The van der Waals surface area contributed by atoms with E-state index in [2.05, 4.69) is 0 Å². The van der Waals surface area contributed by atoms with Crippen LogP contribution in [0.1, 0.15) is 0 Å². The van der Waals surface area contributed by atoms with Crippen LogP contribution in [-0.4, -0.2) is 10.8 Å². The van der Waals surface area contributed by atoms with E-state index in [4.69, 9.17) is 46.4 Å². The minimum absolute atomic E-state index is 0.749. The summed E-state index contributed by atoms with van der Waals surface area (Å²) >= 11 is 19.6. The Morgan fingerprint density at radius 2 is 1.56 bits per heavy atom. The zero-order valence-electron chi connectivity index (χ0n) is 3.85. The Bertz CT molecular complexity index is 81.8. The lowest BCUT2D eigenvalue weighted by Crippen LogP contribution is -2.25. The predicted octanol–water partition coefficient (Wildman–Crippen LogP) is 3.39. The fourth-order valence-corrected chi connectivity index (χ4v) is 0.247. The predicted molar refractivity (Wildman–Crippen MR) is 35.4 cm³/mol. The van der Waals surface area contributed by atoms with Crippen molar-refractivity contribution < 1.29 is 8.78 Å². The molecule has 0 N–H and O–H groups in total. The van der Waals surface area contributed by atoms with E-state index in [0.717, 1.165) is 0 Å². The summed E-state index contributed by atoms with van der Waals surface area (Å²) in [5, 5.41) is 0. The summed E-state index contributed by atoms with van der Waals surface area (Å²) in [7, 11) is 0. The first-order chi connectivity index (χ1) is 3.89. The zero-order valence-corrected chi connectivity index (χ0v) is 6.87. The van der Waals surface area contributed by atoms with Crippen molar-refractivity contribution >= 4 is 46.4 Å². The summed E-state index contributed by atoms with van der Waals surface area (Å²) in [6, 6.07) is 0. The molecule has 0 amide bonds. The largest absolute Gasteiger partial charge is 0.274 e. The molecule has 6 heteroatoms. The third-order valence-corrected chi connectivity index (χ3v) is 2.22. The molecule has 55 valence electrons. The van der Waals surface area contributed by atoms with Crippen LogP contribution in [0.5, 0.6) is 0 Å². The zero-order chi connectivity index (χ0) is 7.65. The summed E-state index contributed by atoms with van der Waals surface area (Å²) in [5.74, 6) is 0. The minimum Gasteiger partial charge on any atom is -0.207 e. The molecule has 0 saturated carbocycles. The standard InChI is InChI=1S/C3HCl4F2/c4-1(5)3(6,7)2(8)9/h2H. The van der Waals surface area contributed by atoms with E-state index in [0.29, 0.717) is 0 Å². The Kier molecular flexibility index (Phi) is 3.81. The van der Waals surface area contributed by atoms with E-state index in [1.807, 2.05) is 0 Å². The Hall–Kier alpha value is 1.02. The molecule has 0 bridgehead atoms. The van der Waals surface area contributed by atoms with Crippen LogP contribution in [0.25, 0.3) is 0 Å². The Morgan fingerprint density at radius 3 is 1.56 bits per heavy atom. The van der Waals surface area contributed by atoms with Gasteiger partial charge >= 0.3 is 0 Å². The van der Waals surface area contributed by atoms with Gasteiger partial charge in [-0.05, 0) is 0 Å². The first kappa shape index (κ1) is 10.0. The quantitative estimate of drug-likeness (QED) is 0.621. The van der Waals surface area contributed by atoms with Crippen LogP contribution in [0.3, 0.4) is 0 Å². The molecule has 0 spiro atoms. The fraction of sp³-hybridized carbons (Fsp3) is 0.667. The normalized spacial score (nSPS) is 13.3. The number of rotatable bonds is 2. The van der Waals surface area contributed by atoms with Gasteiger partial charge in [-0.2, -0.15) is 0 Å². The van der Waals surface area contributed by atoms with Gasteiger partial charge in [0.15, 0.2) is 4.84 Å². The van der Waals surface area contributed by atoms with Gasteiger partial charge in [-0.1, -0.05) is 46.4 Å². The summed E-state index contributed by atoms with van der Waals surface area (Å²) in [6.45, 7) is 0. The van der Waals surface area contributed by atoms with Crippen molar-refractivity contribution in [3.8, 4) is 0 Å². The number of alkyl halides is 4. The van der Waals surface area contributed by atoms with Crippen LogP contribution < -0.4 is 0 Å². The van der Waals surface area contributed by atoms with Gasteiger partial charge in [-0.15, -0.1) is 0 Å². The van der Waals surface area contributed by atoms with Crippen molar-refractivity contribution in [2.24, 2.45) is 0 Å². The third-order valence-electron chi connectivity index (χ3n) is 0.526. The van der Waals surface area contributed by atoms with Crippen LogP contribution in [-0.2, 0) is 0 Å². The van der Waals surface area contributed by atoms with Gasteiger partial charge in [0, 0.05) is 0 Å². The van der Waals surface area contributed by atoms with Gasteiger partial charge in [0.1, 0.15) is 0 Å². The number of hydrogen-bond donors (Lipinski definition) is 0. The maximum atomic E-state index is 11.6. The summed E-state index contributed by atoms with van der Waals surface area (Å²) < 4.78 is 20.8. The first-order valence-electron chi connectivity index (χ1n) is 1.73. The number of halogens is 6. The molecule has 0 nitrogen and oxygen atoms in total. The van der Waals surface area contributed by atoms with E-state index >= 15 is 0 Å². The van der Waals surface area contributed by atoms with E-state index in [9.17, 15) is 8.78 Å². The molecule has 0 fully saturated rings. The van der Waals surface area contributed by atoms with Gasteiger partial charge in [0.05, 0.1) is 0 Å². The van der Waals surface area contributed by atoms with Crippen molar-refractivity contribution in [1.82, 2.24) is 0 Å². The Morgan fingerprint density at radius 1 is 1.22 bits per heavy atom. The molecule has 0 aromatic carbocycles. The van der Waals surface area contributed by atoms with E-state index in [1.165, 1.54) is 0 Å². The summed E-state index contributed by atoms with van der Waals surface area (Å²) in [6.07, 6.45) is -2.98. The highest BCUT2D eigenvalue weighted by molar-refractivity contribution is 6.65. The van der Waals surface area contributed by atoms with Crippen molar-refractivity contribution in [1.29, 1.82) is 0 Å². The highest BCUT2D eigenvalue weighted by Gasteiger charge is 2.43. The second-order valence-corrected chi connectivity index (χ2v) is 3.52. The highest BCUT2D eigenvalue weighted by atomic mass is 35.5. The average Bonchev–Trinajstić information content (AvgIpc) is 1.65. The molecule has 0 unspecified atom stereocenters. The highest BCUT2D eigenvalue weighted by Crippen LogP contribution is 2.42. The van der Waals surface area contributed by atoms with Crippen LogP contribution in [0.15, 0.2) is 0 Å². The van der Waals surface area contributed by atoms with Crippen LogP contribution in [0, 0.1) is 4.84 Å². The van der Waals surface area contributed by atoms with Crippen molar-refractivity contribution in [3.05, 3.63) is 4.84 Å². The van der Waals surface area contributed by atoms with E-state index in [-0.39, 0.29) is 0 Å². The molecular formula is C3HCl4F2. The topological polar surface area (TPSA) is 0 Å². The lowest BCUT2D eigenvalue weighted by Gasteiger charge is -2.17. The molecule has 0 atom stereocenters. The first-order valence-corrected chi connectivity index (χ1v) is 3.24. The van der Waals surface area contributed by atoms with E-state index < -0.39 is 15.6 Å². The van der Waals surface area contributed by atoms with Gasteiger partial charge in [0.2, 0.25) is 4.33 Å². The summed E-state index contributed by atoms with van der Waals surface area (Å²) in [5.41, 5.74) is 0. The molecule has 0 aromatic rings. The monoisotopic (exact) mass is 215 g/mol.